The van der Waals surface area contributed by atoms with Crippen molar-refractivity contribution in [2.45, 2.75) is 0 Å². The Morgan fingerprint density at radius 2 is 1.88 bits per heavy atom. The van der Waals surface area contributed by atoms with E-state index in [2.05, 4.69) is 10.1 Å². The van der Waals surface area contributed by atoms with Gasteiger partial charge in [0.2, 0.25) is 0 Å². The molecule has 0 amide bonds. The maximum absolute atomic E-state index is 13.1. The quantitative estimate of drug-likeness (QED) is 0.623. The number of fused-ring (bicyclic) bond motifs is 3. The highest BCUT2D eigenvalue weighted by Gasteiger charge is 2.16. The lowest BCUT2D eigenvalue weighted by Crippen LogP contribution is -2.20. The molecule has 0 saturated carbocycles. The van der Waals surface area contributed by atoms with Crippen molar-refractivity contribution in [3.63, 3.8) is 0 Å². The minimum absolute atomic E-state index is 0.332. The van der Waals surface area contributed by atoms with Gasteiger partial charge in [0.1, 0.15) is 22.8 Å². The summed E-state index contributed by atoms with van der Waals surface area (Å²) in [6.45, 7) is 0. The number of aromatic nitrogens is 3. The lowest BCUT2D eigenvalue weighted by atomic mass is 10.1. The number of rotatable bonds is 3. The van der Waals surface area contributed by atoms with Gasteiger partial charge in [0.05, 0.1) is 37.0 Å². The van der Waals surface area contributed by atoms with E-state index in [0.717, 1.165) is 5.39 Å². The van der Waals surface area contributed by atoms with Gasteiger partial charge in [-0.1, -0.05) is 0 Å². The number of methoxy groups -OCH3 is 2. The Morgan fingerprint density at radius 3 is 2.56 bits per heavy atom. The molecule has 2 aromatic carbocycles. The van der Waals surface area contributed by atoms with Gasteiger partial charge in [0.25, 0.3) is 5.56 Å². The molecule has 126 valence electrons. The Labute approximate surface area is 141 Å². The first-order valence-electron chi connectivity index (χ1n) is 7.54. The van der Waals surface area contributed by atoms with Crippen LogP contribution in [0.15, 0.2) is 47.4 Å². The number of hydrogen-bond acceptors (Lipinski definition) is 4. The van der Waals surface area contributed by atoms with Gasteiger partial charge in [-0.15, -0.1) is 0 Å². The fraction of sp³-hybridized carbons (Fsp3) is 0.111. The van der Waals surface area contributed by atoms with E-state index in [1.54, 1.807) is 32.5 Å². The highest BCUT2D eigenvalue weighted by Crippen LogP contribution is 2.35. The normalized spacial score (nSPS) is 11.2. The summed E-state index contributed by atoms with van der Waals surface area (Å²) in [5.74, 6) is 0.823. The minimum Gasteiger partial charge on any atom is -0.497 e. The molecule has 4 aromatic rings. The fourth-order valence-electron chi connectivity index (χ4n) is 2.91. The summed E-state index contributed by atoms with van der Waals surface area (Å²) in [6, 6.07) is 9.11. The van der Waals surface area contributed by atoms with Crippen LogP contribution in [0.2, 0.25) is 0 Å². The second-order valence-corrected chi connectivity index (χ2v) is 5.50. The van der Waals surface area contributed by atoms with Crippen molar-refractivity contribution in [1.82, 2.24) is 14.8 Å². The number of aromatic amines is 1. The molecule has 0 aliphatic rings. The lowest BCUT2D eigenvalue weighted by molar-refractivity contribution is 0.398. The summed E-state index contributed by atoms with van der Waals surface area (Å²) in [4.78, 5) is 16.0. The van der Waals surface area contributed by atoms with E-state index < -0.39 is 0 Å². The van der Waals surface area contributed by atoms with Crippen LogP contribution >= 0.6 is 0 Å². The number of H-pyrrole nitrogens is 1. The number of halogens is 1. The Hall–Kier alpha value is -3.35. The van der Waals surface area contributed by atoms with E-state index in [1.165, 1.54) is 28.9 Å². The van der Waals surface area contributed by atoms with Gasteiger partial charge in [-0.3, -0.25) is 4.79 Å². The number of nitrogens with one attached hydrogen (secondary N) is 1. The summed E-state index contributed by atoms with van der Waals surface area (Å²) < 4.78 is 25.0. The van der Waals surface area contributed by atoms with Crippen LogP contribution in [0.5, 0.6) is 11.5 Å². The van der Waals surface area contributed by atoms with Crippen molar-refractivity contribution < 1.29 is 13.9 Å². The van der Waals surface area contributed by atoms with Crippen molar-refractivity contribution in [2.75, 3.05) is 14.2 Å². The van der Waals surface area contributed by atoms with Crippen molar-refractivity contribution in [1.29, 1.82) is 0 Å². The summed E-state index contributed by atoms with van der Waals surface area (Å²) >= 11 is 0. The van der Waals surface area contributed by atoms with Gasteiger partial charge in [-0.25, -0.2) is 4.39 Å². The van der Waals surface area contributed by atoms with Gasteiger partial charge in [-0.2, -0.15) is 9.78 Å². The molecule has 0 spiro atoms. The van der Waals surface area contributed by atoms with E-state index >= 15 is 0 Å². The summed E-state index contributed by atoms with van der Waals surface area (Å²) in [5, 5.41) is 5.63. The van der Waals surface area contributed by atoms with Crippen LogP contribution in [0.3, 0.4) is 0 Å². The number of hydrogen-bond donors (Lipinski definition) is 1. The molecule has 0 fully saturated rings. The second kappa shape index (κ2) is 5.62. The van der Waals surface area contributed by atoms with E-state index in [1.807, 2.05) is 0 Å². The molecule has 25 heavy (non-hydrogen) atoms. The van der Waals surface area contributed by atoms with Crippen LogP contribution in [0.4, 0.5) is 4.39 Å². The van der Waals surface area contributed by atoms with E-state index in [0.29, 0.717) is 33.6 Å². The SMILES string of the molecule is COc1cc(OC)c2c(c1)[nH]c1c(=O)n(-c3ccc(F)cc3)ncc12. The summed E-state index contributed by atoms with van der Waals surface area (Å²) in [7, 11) is 3.12. The maximum Gasteiger partial charge on any atom is 0.295 e. The molecule has 0 aliphatic heterocycles. The highest BCUT2D eigenvalue weighted by molar-refractivity contribution is 6.10. The first-order valence-corrected chi connectivity index (χ1v) is 7.54. The highest BCUT2D eigenvalue weighted by atomic mass is 19.1. The van der Waals surface area contributed by atoms with Gasteiger partial charge in [0, 0.05) is 17.5 Å². The average molecular weight is 339 g/mol. The van der Waals surface area contributed by atoms with Crippen molar-refractivity contribution in [2.24, 2.45) is 0 Å². The number of benzene rings is 2. The summed E-state index contributed by atoms with van der Waals surface area (Å²) in [5.41, 5.74) is 1.25. The topological polar surface area (TPSA) is 69.1 Å². The molecular formula is C18H14FN3O3. The second-order valence-electron chi connectivity index (χ2n) is 5.50. The van der Waals surface area contributed by atoms with Crippen LogP contribution in [0.25, 0.3) is 27.5 Å². The Balaban J connectivity index is 2.03. The van der Waals surface area contributed by atoms with Gasteiger partial charge < -0.3 is 14.5 Å². The predicted molar refractivity (Wildman–Crippen MR) is 92.3 cm³/mol. The van der Waals surface area contributed by atoms with Crippen LogP contribution in [0.1, 0.15) is 0 Å². The molecule has 6 nitrogen and oxygen atoms in total. The molecule has 0 unspecified atom stereocenters. The van der Waals surface area contributed by atoms with E-state index in [-0.39, 0.29) is 11.4 Å². The maximum atomic E-state index is 13.1. The number of nitrogens with zero attached hydrogens (tertiary/aromatic N) is 2. The van der Waals surface area contributed by atoms with Crippen LogP contribution < -0.4 is 15.0 Å². The smallest absolute Gasteiger partial charge is 0.295 e. The van der Waals surface area contributed by atoms with Gasteiger partial charge >= 0.3 is 0 Å². The predicted octanol–water partition coefficient (Wildman–Crippen LogP) is 3.02. The molecule has 4 rings (SSSR count). The first kappa shape index (κ1) is 15.2. The zero-order chi connectivity index (χ0) is 17.6. The van der Waals surface area contributed by atoms with Crippen LogP contribution in [0, 0.1) is 5.82 Å². The third-order valence-electron chi connectivity index (χ3n) is 4.11. The zero-order valence-electron chi connectivity index (χ0n) is 13.5. The zero-order valence-corrected chi connectivity index (χ0v) is 13.5. The molecule has 1 N–H and O–H groups in total. The van der Waals surface area contributed by atoms with Crippen molar-refractivity contribution in [3.8, 4) is 17.2 Å². The average Bonchev–Trinajstić information content (AvgIpc) is 3.01. The molecule has 2 aromatic heterocycles. The minimum atomic E-state index is -0.375. The molecule has 0 aliphatic carbocycles. The molecule has 7 heteroatoms. The van der Waals surface area contributed by atoms with Gasteiger partial charge in [0.15, 0.2) is 0 Å². The first-order chi connectivity index (χ1) is 12.1. The molecule has 0 radical (unpaired) electrons. The van der Waals surface area contributed by atoms with E-state index in [9.17, 15) is 9.18 Å². The monoisotopic (exact) mass is 339 g/mol. The largest absolute Gasteiger partial charge is 0.497 e. The van der Waals surface area contributed by atoms with Crippen molar-refractivity contribution in [3.05, 3.63) is 58.8 Å². The van der Waals surface area contributed by atoms with Crippen LogP contribution in [-0.4, -0.2) is 29.0 Å². The molecule has 0 atom stereocenters. The molecular weight excluding hydrogens is 325 g/mol. The summed E-state index contributed by atoms with van der Waals surface area (Å²) in [6.07, 6.45) is 1.59. The third kappa shape index (κ3) is 2.32. The Morgan fingerprint density at radius 1 is 1.12 bits per heavy atom. The number of ether oxygens (including phenoxy) is 2. The van der Waals surface area contributed by atoms with Crippen molar-refractivity contribution >= 4 is 21.8 Å². The Bertz CT molecular complexity index is 1150. The molecule has 0 bridgehead atoms. The van der Waals surface area contributed by atoms with Gasteiger partial charge in [-0.05, 0) is 24.3 Å². The third-order valence-corrected chi connectivity index (χ3v) is 4.11. The van der Waals surface area contributed by atoms with Crippen LogP contribution in [-0.2, 0) is 0 Å². The lowest BCUT2D eigenvalue weighted by Gasteiger charge is -2.06. The molecule has 0 saturated heterocycles. The fourth-order valence-corrected chi connectivity index (χ4v) is 2.91. The van der Waals surface area contributed by atoms with E-state index in [4.69, 9.17) is 9.47 Å². The molecule has 2 heterocycles. The Kier molecular flexibility index (Phi) is 3.42. The standard InChI is InChI=1S/C18H14FN3O3/c1-24-12-7-14-16(15(8-12)25-2)13-9-20-22(18(23)17(13)21-14)11-5-3-10(19)4-6-11/h3-9,21H,1-2H3.